The Morgan fingerprint density at radius 3 is 2.55 bits per heavy atom. The van der Waals surface area contributed by atoms with E-state index in [1.54, 1.807) is 18.2 Å². The number of anilines is 2. The molecule has 2 aromatic rings. The lowest BCUT2D eigenvalue weighted by atomic mass is 9.97. The molecular weight excluding hydrogens is 433 g/mol. The first kappa shape index (κ1) is 22.6. The van der Waals surface area contributed by atoms with E-state index in [0.717, 1.165) is 6.07 Å². The Labute approximate surface area is 181 Å². The van der Waals surface area contributed by atoms with E-state index in [4.69, 9.17) is 16.9 Å². The van der Waals surface area contributed by atoms with Crippen LogP contribution >= 0.6 is 11.6 Å². The van der Waals surface area contributed by atoms with Crippen LogP contribution in [0.25, 0.3) is 0 Å². The van der Waals surface area contributed by atoms with Gasteiger partial charge in [-0.15, -0.1) is 0 Å². The summed E-state index contributed by atoms with van der Waals surface area (Å²) in [6.07, 6.45) is -2.19. The maximum atomic E-state index is 13.2. The standard InChI is InChI=1S/C21H18ClF3N4O2/c22-13-1-4-18(17(9-13)21(23,24)25)29-15-3-2-14(27-12-15)11-28-19(31)20(6-7-20)10-16(30)5-8-26/h1-4,9,12,29H,5-7,10-11H2,(H,28,31). The Balaban J connectivity index is 1.60. The molecular formula is C21H18ClF3N4O2. The van der Waals surface area contributed by atoms with Crippen molar-refractivity contribution < 1.29 is 22.8 Å². The summed E-state index contributed by atoms with van der Waals surface area (Å²) in [5.74, 6) is -0.525. The molecule has 3 rings (SSSR count). The van der Waals surface area contributed by atoms with Gasteiger partial charge in [-0.3, -0.25) is 14.6 Å². The lowest BCUT2D eigenvalue weighted by molar-refractivity contribution is -0.137. The van der Waals surface area contributed by atoms with Gasteiger partial charge in [0, 0.05) is 11.4 Å². The number of hydrogen-bond donors (Lipinski definition) is 2. The maximum Gasteiger partial charge on any atom is 0.418 e. The van der Waals surface area contributed by atoms with Crippen molar-refractivity contribution in [3.63, 3.8) is 0 Å². The molecule has 1 saturated carbocycles. The normalized spacial score (nSPS) is 14.4. The van der Waals surface area contributed by atoms with Crippen molar-refractivity contribution in [2.24, 2.45) is 5.41 Å². The zero-order valence-electron chi connectivity index (χ0n) is 16.2. The molecule has 0 unspecified atom stereocenters. The van der Waals surface area contributed by atoms with Gasteiger partial charge < -0.3 is 10.6 Å². The van der Waals surface area contributed by atoms with Crippen LogP contribution in [-0.2, 0) is 22.3 Å². The van der Waals surface area contributed by atoms with E-state index in [-0.39, 0.29) is 41.8 Å². The summed E-state index contributed by atoms with van der Waals surface area (Å²) in [6, 6.07) is 8.34. The summed E-state index contributed by atoms with van der Waals surface area (Å²) in [4.78, 5) is 28.2. The molecule has 2 N–H and O–H groups in total. The molecule has 0 atom stereocenters. The van der Waals surface area contributed by atoms with Crippen LogP contribution in [0.1, 0.15) is 36.9 Å². The number of aromatic nitrogens is 1. The Kier molecular flexibility index (Phi) is 6.51. The number of benzene rings is 1. The monoisotopic (exact) mass is 450 g/mol. The van der Waals surface area contributed by atoms with Crippen molar-refractivity contribution in [1.82, 2.24) is 10.3 Å². The minimum absolute atomic E-state index is 0.0233. The topological polar surface area (TPSA) is 94.9 Å². The van der Waals surface area contributed by atoms with Crippen LogP contribution in [0.2, 0.25) is 5.02 Å². The number of nitrogens with zero attached hydrogens (tertiary/aromatic N) is 2. The number of rotatable bonds is 8. The van der Waals surface area contributed by atoms with Gasteiger partial charge in [0.1, 0.15) is 5.78 Å². The van der Waals surface area contributed by atoms with Crippen LogP contribution in [0.3, 0.4) is 0 Å². The number of amides is 1. The molecule has 162 valence electrons. The number of halogens is 4. The molecule has 1 amide bonds. The number of alkyl halides is 3. The third-order valence-corrected chi connectivity index (χ3v) is 5.20. The first-order valence-corrected chi connectivity index (χ1v) is 9.76. The molecule has 1 aliphatic rings. The average Bonchev–Trinajstić information content (AvgIpc) is 3.48. The van der Waals surface area contributed by atoms with Crippen LogP contribution in [0, 0.1) is 16.7 Å². The van der Waals surface area contributed by atoms with E-state index < -0.39 is 17.2 Å². The smallest absolute Gasteiger partial charge is 0.354 e. The van der Waals surface area contributed by atoms with Crippen LogP contribution in [0.15, 0.2) is 36.5 Å². The lowest BCUT2D eigenvalue weighted by Gasteiger charge is -2.15. The Hall–Kier alpha value is -3.12. The largest absolute Gasteiger partial charge is 0.418 e. The summed E-state index contributed by atoms with van der Waals surface area (Å²) in [7, 11) is 0. The van der Waals surface area contributed by atoms with Gasteiger partial charge in [-0.2, -0.15) is 18.4 Å². The molecule has 1 aromatic carbocycles. The van der Waals surface area contributed by atoms with Crippen LogP contribution < -0.4 is 10.6 Å². The number of carbonyl (C=O) groups is 2. The third kappa shape index (κ3) is 5.73. The van der Waals surface area contributed by atoms with E-state index in [1.165, 1.54) is 18.3 Å². The number of hydrogen-bond acceptors (Lipinski definition) is 5. The number of Topliss-reactive ketones (excluding diaryl/α,β-unsaturated/α-hetero) is 1. The molecule has 0 saturated heterocycles. The second-order valence-electron chi connectivity index (χ2n) is 7.36. The highest BCUT2D eigenvalue weighted by atomic mass is 35.5. The predicted octanol–water partition coefficient (Wildman–Crippen LogP) is 4.77. The van der Waals surface area contributed by atoms with Gasteiger partial charge >= 0.3 is 6.18 Å². The molecule has 10 heteroatoms. The van der Waals surface area contributed by atoms with Crippen LogP contribution in [0.5, 0.6) is 0 Å². The highest BCUT2D eigenvalue weighted by Crippen LogP contribution is 2.49. The molecule has 6 nitrogen and oxygen atoms in total. The van der Waals surface area contributed by atoms with E-state index >= 15 is 0 Å². The zero-order chi connectivity index (χ0) is 22.6. The third-order valence-electron chi connectivity index (χ3n) is 4.97. The molecule has 1 aromatic heterocycles. The Morgan fingerprint density at radius 1 is 1.23 bits per heavy atom. The van der Waals surface area contributed by atoms with Gasteiger partial charge in [-0.1, -0.05) is 11.6 Å². The SMILES string of the molecule is N#CCC(=O)CC1(C(=O)NCc2ccc(Nc3ccc(Cl)cc3C(F)(F)F)cn2)CC1. The van der Waals surface area contributed by atoms with Crippen LogP contribution in [-0.4, -0.2) is 16.7 Å². The molecule has 0 spiro atoms. The molecule has 0 aliphatic heterocycles. The first-order chi connectivity index (χ1) is 14.6. The molecule has 1 aliphatic carbocycles. The first-order valence-electron chi connectivity index (χ1n) is 9.39. The lowest BCUT2D eigenvalue weighted by Crippen LogP contribution is -2.33. The van der Waals surface area contributed by atoms with Gasteiger partial charge in [0.15, 0.2) is 0 Å². The van der Waals surface area contributed by atoms with Crippen molar-refractivity contribution in [3.05, 3.63) is 52.8 Å². The van der Waals surface area contributed by atoms with Crippen LogP contribution in [0.4, 0.5) is 24.5 Å². The van der Waals surface area contributed by atoms with Gasteiger partial charge in [0.2, 0.25) is 5.91 Å². The number of nitrogens with one attached hydrogen (secondary N) is 2. The van der Waals surface area contributed by atoms with Crippen molar-refractivity contribution in [1.29, 1.82) is 5.26 Å². The van der Waals surface area contributed by atoms with E-state index in [0.29, 0.717) is 24.2 Å². The number of nitriles is 1. The van der Waals surface area contributed by atoms with Crippen molar-refractivity contribution in [2.75, 3.05) is 5.32 Å². The highest BCUT2D eigenvalue weighted by molar-refractivity contribution is 6.30. The highest BCUT2D eigenvalue weighted by Gasteiger charge is 2.50. The second kappa shape index (κ2) is 8.94. The van der Waals surface area contributed by atoms with Crippen molar-refractivity contribution in [2.45, 2.75) is 38.4 Å². The van der Waals surface area contributed by atoms with Gasteiger partial charge in [-0.25, -0.2) is 0 Å². The van der Waals surface area contributed by atoms with Gasteiger partial charge in [-0.05, 0) is 43.2 Å². The minimum Gasteiger partial charge on any atom is -0.354 e. The van der Waals surface area contributed by atoms with Crippen molar-refractivity contribution in [3.8, 4) is 6.07 Å². The fourth-order valence-corrected chi connectivity index (χ4v) is 3.31. The zero-order valence-corrected chi connectivity index (χ0v) is 17.0. The summed E-state index contributed by atoms with van der Waals surface area (Å²) in [5, 5.41) is 14.0. The summed E-state index contributed by atoms with van der Waals surface area (Å²) in [6.45, 7) is 0.113. The minimum atomic E-state index is -4.57. The summed E-state index contributed by atoms with van der Waals surface area (Å²) < 4.78 is 39.6. The average molecular weight is 451 g/mol. The molecule has 1 fully saturated rings. The van der Waals surface area contributed by atoms with E-state index in [2.05, 4.69) is 15.6 Å². The second-order valence-corrected chi connectivity index (χ2v) is 7.80. The molecule has 0 bridgehead atoms. The molecule has 0 radical (unpaired) electrons. The maximum absolute atomic E-state index is 13.2. The summed E-state index contributed by atoms with van der Waals surface area (Å²) >= 11 is 5.68. The van der Waals surface area contributed by atoms with Gasteiger partial charge in [0.05, 0.1) is 53.3 Å². The Morgan fingerprint density at radius 2 is 1.97 bits per heavy atom. The van der Waals surface area contributed by atoms with Crippen molar-refractivity contribution >= 4 is 34.7 Å². The molecule has 31 heavy (non-hydrogen) atoms. The Bertz CT molecular complexity index is 1030. The molecule has 1 heterocycles. The van der Waals surface area contributed by atoms with E-state index in [9.17, 15) is 22.8 Å². The quantitative estimate of drug-likeness (QED) is 0.604. The fourth-order valence-electron chi connectivity index (χ4n) is 3.14. The van der Waals surface area contributed by atoms with Gasteiger partial charge in [0.25, 0.3) is 0 Å². The number of carbonyl (C=O) groups excluding carboxylic acids is 2. The fraction of sp³-hybridized carbons (Fsp3) is 0.333. The van der Waals surface area contributed by atoms with E-state index in [1.807, 2.05) is 0 Å². The number of ketones is 1. The predicted molar refractivity (Wildman–Crippen MR) is 107 cm³/mol. The number of pyridine rings is 1. The summed E-state index contributed by atoms with van der Waals surface area (Å²) in [5.41, 5.74) is -0.943.